The summed E-state index contributed by atoms with van der Waals surface area (Å²) in [6, 6.07) is 4.70. The number of carbonyl (C=O) groups excluding carboxylic acids is 1. The highest BCUT2D eigenvalue weighted by Gasteiger charge is 2.27. The lowest BCUT2D eigenvalue weighted by atomic mass is 9.99. The second kappa shape index (κ2) is 6.71. The van der Waals surface area contributed by atoms with Crippen molar-refractivity contribution in [2.24, 2.45) is 0 Å². The minimum Gasteiger partial charge on any atom is -0.336 e. The SMILES string of the molecule is O=C(c1ccc(Br)c(F)c1)N1CCCCC1CCCl. The van der Waals surface area contributed by atoms with Gasteiger partial charge in [0.15, 0.2) is 0 Å². The maximum atomic E-state index is 13.5. The number of amides is 1. The fourth-order valence-corrected chi connectivity index (χ4v) is 2.99. The molecule has 104 valence electrons. The van der Waals surface area contributed by atoms with Crippen LogP contribution in [0, 0.1) is 5.82 Å². The molecule has 1 aromatic rings. The Hall–Kier alpha value is -0.610. The highest BCUT2D eigenvalue weighted by Crippen LogP contribution is 2.24. The Balaban J connectivity index is 2.18. The molecular formula is C14H16BrClFNO. The second-order valence-electron chi connectivity index (χ2n) is 4.75. The lowest BCUT2D eigenvalue weighted by Gasteiger charge is -2.35. The molecule has 0 spiro atoms. The normalized spacial score (nSPS) is 19.5. The van der Waals surface area contributed by atoms with Gasteiger partial charge in [-0.15, -0.1) is 11.6 Å². The van der Waals surface area contributed by atoms with Gasteiger partial charge in [0.25, 0.3) is 5.91 Å². The van der Waals surface area contributed by atoms with Crippen LogP contribution in [0.25, 0.3) is 0 Å². The number of nitrogens with zero attached hydrogens (tertiary/aromatic N) is 1. The molecule has 1 amide bonds. The van der Waals surface area contributed by atoms with E-state index in [-0.39, 0.29) is 11.9 Å². The van der Waals surface area contributed by atoms with Crippen molar-refractivity contribution in [2.75, 3.05) is 12.4 Å². The first-order valence-electron chi connectivity index (χ1n) is 6.45. The average molecular weight is 349 g/mol. The van der Waals surface area contributed by atoms with Gasteiger partial charge in [0, 0.05) is 24.0 Å². The van der Waals surface area contributed by atoms with Crippen molar-refractivity contribution in [3.05, 3.63) is 34.1 Å². The lowest BCUT2D eigenvalue weighted by molar-refractivity contribution is 0.0608. The summed E-state index contributed by atoms with van der Waals surface area (Å²) in [4.78, 5) is 14.3. The third kappa shape index (κ3) is 3.48. The molecule has 5 heteroatoms. The fraction of sp³-hybridized carbons (Fsp3) is 0.500. The summed E-state index contributed by atoms with van der Waals surface area (Å²) in [5.41, 5.74) is 0.405. The van der Waals surface area contributed by atoms with E-state index in [1.54, 1.807) is 12.1 Å². The molecule has 1 unspecified atom stereocenters. The van der Waals surface area contributed by atoms with Gasteiger partial charge in [-0.2, -0.15) is 0 Å². The van der Waals surface area contributed by atoms with Crippen molar-refractivity contribution in [1.82, 2.24) is 4.90 Å². The van der Waals surface area contributed by atoms with E-state index in [0.29, 0.717) is 15.9 Å². The number of rotatable bonds is 3. The molecule has 0 bridgehead atoms. The Bertz CT molecular complexity index is 467. The van der Waals surface area contributed by atoms with Crippen LogP contribution in [-0.4, -0.2) is 29.3 Å². The zero-order valence-electron chi connectivity index (χ0n) is 10.5. The van der Waals surface area contributed by atoms with Crippen molar-refractivity contribution in [3.63, 3.8) is 0 Å². The number of benzene rings is 1. The molecule has 0 aliphatic carbocycles. The van der Waals surface area contributed by atoms with Gasteiger partial charge < -0.3 is 4.90 Å². The number of carbonyl (C=O) groups is 1. The van der Waals surface area contributed by atoms with Crippen LogP contribution in [0.2, 0.25) is 0 Å². The van der Waals surface area contributed by atoms with Crippen molar-refractivity contribution in [2.45, 2.75) is 31.7 Å². The molecule has 0 radical (unpaired) electrons. The number of hydrogen-bond acceptors (Lipinski definition) is 1. The van der Waals surface area contributed by atoms with Gasteiger partial charge in [0.2, 0.25) is 0 Å². The van der Waals surface area contributed by atoms with Crippen LogP contribution in [0.4, 0.5) is 4.39 Å². The minimum absolute atomic E-state index is 0.0961. The van der Waals surface area contributed by atoms with E-state index in [9.17, 15) is 9.18 Å². The Morgan fingerprint density at radius 2 is 2.26 bits per heavy atom. The maximum absolute atomic E-state index is 13.5. The van der Waals surface area contributed by atoms with Crippen molar-refractivity contribution >= 4 is 33.4 Å². The zero-order chi connectivity index (χ0) is 13.8. The number of piperidine rings is 1. The third-order valence-corrected chi connectivity index (χ3v) is 4.36. The summed E-state index contributed by atoms with van der Waals surface area (Å²) in [6.45, 7) is 0.734. The highest BCUT2D eigenvalue weighted by atomic mass is 79.9. The fourth-order valence-electron chi connectivity index (χ4n) is 2.49. The number of hydrogen-bond donors (Lipinski definition) is 0. The first-order chi connectivity index (χ1) is 9.13. The molecular weight excluding hydrogens is 333 g/mol. The van der Waals surface area contributed by atoms with Crippen LogP contribution in [0.15, 0.2) is 22.7 Å². The average Bonchev–Trinajstić information content (AvgIpc) is 2.42. The van der Waals surface area contributed by atoms with Crippen LogP contribution < -0.4 is 0 Å². The maximum Gasteiger partial charge on any atom is 0.254 e. The van der Waals surface area contributed by atoms with Crippen molar-refractivity contribution in [3.8, 4) is 0 Å². The first kappa shape index (κ1) is 14.8. The Kier molecular flexibility index (Phi) is 5.22. The number of alkyl halides is 1. The summed E-state index contributed by atoms with van der Waals surface area (Å²) in [6.07, 6.45) is 3.91. The molecule has 19 heavy (non-hydrogen) atoms. The smallest absolute Gasteiger partial charge is 0.254 e. The summed E-state index contributed by atoms with van der Waals surface area (Å²) in [7, 11) is 0. The van der Waals surface area contributed by atoms with Crippen molar-refractivity contribution < 1.29 is 9.18 Å². The molecule has 0 N–H and O–H groups in total. The van der Waals surface area contributed by atoms with E-state index < -0.39 is 5.82 Å². The highest BCUT2D eigenvalue weighted by molar-refractivity contribution is 9.10. The van der Waals surface area contributed by atoms with Crippen LogP contribution in [-0.2, 0) is 0 Å². The van der Waals surface area contributed by atoms with Gasteiger partial charge in [-0.1, -0.05) is 0 Å². The van der Waals surface area contributed by atoms with Gasteiger partial charge >= 0.3 is 0 Å². The summed E-state index contributed by atoms with van der Waals surface area (Å²) >= 11 is 8.89. The molecule has 1 fully saturated rings. The minimum atomic E-state index is -0.406. The Morgan fingerprint density at radius 1 is 1.47 bits per heavy atom. The molecule has 1 aromatic carbocycles. The van der Waals surface area contributed by atoms with Gasteiger partial charge in [-0.3, -0.25) is 4.79 Å². The summed E-state index contributed by atoms with van der Waals surface area (Å²) in [5, 5.41) is 0. The lowest BCUT2D eigenvalue weighted by Crippen LogP contribution is -2.44. The van der Waals surface area contributed by atoms with Crippen LogP contribution >= 0.6 is 27.5 Å². The molecule has 0 saturated carbocycles. The topological polar surface area (TPSA) is 20.3 Å². The first-order valence-corrected chi connectivity index (χ1v) is 7.78. The quantitative estimate of drug-likeness (QED) is 0.749. The molecule has 1 heterocycles. The van der Waals surface area contributed by atoms with Crippen molar-refractivity contribution in [1.29, 1.82) is 0 Å². The Morgan fingerprint density at radius 3 is 2.95 bits per heavy atom. The summed E-state index contributed by atoms with van der Waals surface area (Å²) in [5.74, 6) is 0.0429. The van der Waals surface area contributed by atoms with E-state index >= 15 is 0 Å². The van der Waals surface area contributed by atoms with E-state index in [4.69, 9.17) is 11.6 Å². The van der Waals surface area contributed by atoms with Gasteiger partial charge in [0.05, 0.1) is 4.47 Å². The second-order valence-corrected chi connectivity index (χ2v) is 5.99. The molecule has 1 atom stereocenters. The van der Waals surface area contributed by atoms with E-state index in [1.165, 1.54) is 6.07 Å². The van der Waals surface area contributed by atoms with Crippen LogP contribution in [0.1, 0.15) is 36.0 Å². The standard InChI is InChI=1S/C14H16BrClFNO/c15-12-5-4-10(9-13(12)17)14(19)18-8-2-1-3-11(18)6-7-16/h4-5,9,11H,1-3,6-8H2. The molecule has 2 rings (SSSR count). The monoisotopic (exact) mass is 347 g/mol. The van der Waals surface area contributed by atoms with Crippen LogP contribution in [0.3, 0.4) is 0 Å². The van der Waals surface area contributed by atoms with E-state index in [2.05, 4.69) is 15.9 Å². The van der Waals surface area contributed by atoms with E-state index in [1.807, 2.05) is 4.90 Å². The summed E-state index contributed by atoms with van der Waals surface area (Å²) < 4.78 is 13.9. The largest absolute Gasteiger partial charge is 0.336 e. The van der Waals surface area contributed by atoms with Gasteiger partial charge in [-0.25, -0.2) is 4.39 Å². The van der Waals surface area contributed by atoms with Gasteiger partial charge in [0.1, 0.15) is 5.82 Å². The predicted octanol–water partition coefficient (Wildman–Crippen LogP) is 4.21. The number of likely N-dealkylation sites (tertiary alicyclic amines) is 1. The van der Waals surface area contributed by atoms with E-state index in [0.717, 1.165) is 32.2 Å². The number of halogens is 3. The van der Waals surface area contributed by atoms with Crippen LogP contribution in [0.5, 0.6) is 0 Å². The molecule has 1 saturated heterocycles. The predicted molar refractivity (Wildman–Crippen MR) is 78.1 cm³/mol. The zero-order valence-corrected chi connectivity index (χ0v) is 12.9. The Labute approximate surface area is 126 Å². The molecule has 0 aromatic heterocycles. The van der Waals surface area contributed by atoms with Gasteiger partial charge in [-0.05, 0) is 59.8 Å². The molecule has 1 aliphatic heterocycles. The molecule has 2 nitrogen and oxygen atoms in total. The third-order valence-electron chi connectivity index (χ3n) is 3.50. The molecule has 1 aliphatic rings.